The summed E-state index contributed by atoms with van der Waals surface area (Å²) in [5, 5.41) is 87.3. The largest absolute Gasteiger partial charge is 0.394 e. The van der Waals surface area contributed by atoms with Crippen LogP contribution >= 0.6 is 0 Å². The average molecular weight is 714 g/mol. The van der Waals surface area contributed by atoms with E-state index < -0.39 is 140 Å². The second kappa shape index (κ2) is 15.3. The second-order valence-corrected chi connectivity index (χ2v) is 13.4. The van der Waals surface area contributed by atoms with Crippen molar-refractivity contribution in [3.8, 4) is 0 Å². The molecule has 2 unspecified atom stereocenters. The van der Waals surface area contributed by atoms with Crippen LogP contribution in [0.1, 0.15) is 12.8 Å². The highest BCUT2D eigenvalue weighted by Gasteiger charge is 2.59. The third-order valence-corrected chi connectivity index (χ3v) is 10.0. The van der Waals surface area contributed by atoms with E-state index in [0.29, 0.717) is 0 Å². The number of rotatable bonds is 11. The number of hydrogen-bond acceptors (Lipinski definition) is 21. The number of carbonyl (C=O) groups is 1. The lowest BCUT2D eigenvalue weighted by Crippen LogP contribution is -2.69. The van der Waals surface area contributed by atoms with Crippen LogP contribution in [0.3, 0.4) is 0 Å². The van der Waals surface area contributed by atoms with E-state index in [1.165, 1.54) is 0 Å². The number of amides is 1. The van der Waals surface area contributed by atoms with Gasteiger partial charge in [0.15, 0.2) is 24.5 Å². The van der Waals surface area contributed by atoms with Crippen molar-refractivity contribution in [3.63, 3.8) is 0 Å². The maximum atomic E-state index is 12.8. The number of aliphatic hydroxyl groups is 8. The molecule has 5 fully saturated rings. The summed E-state index contributed by atoms with van der Waals surface area (Å²) in [7, 11) is 0. The van der Waals surface area contributed by atoms with Crippen molar-refractivity contribution >= 4 is 5.91 Å². The monoisotopic (exact) mass is 713 g/mol. The number of ether oxygens (including phenoxy) is 6. The number of nitrogens with one attached hydrogen (secondary N) is 1. The minimum absolute atomic E-state index is 0.00478. The zero-order valence-electron chi connectivity index (χ0n) is 26.5. The van der Waals surface area contributed by atoms with Crippen LogP contribution in [0.2, 0.25) is 0 Å². The number of nitrogens with two attached hydrogens (primary N) is 6. The van der Waals surface area contributed by atoms with Crippen molar-refractivity contribution in [1.29, 1.82) is 0 Å². The maximum absolute atomic E-state index is 12.8. The molecule has 5 aliphatic rings. The molecule has 21 N–H and O–H groups in total. The fourth-order valence-electron chi connectivity index (χ4n) is 6.68. The lowest BCUT2D eigenvalue weighted by molar-refractivity contribution is -0.307. The normalized spacial score (nSPS) is 53.3. The first-order chi connectivity index (χ1) is 23.1. The highest BCUT2D eigenvalue weighted by Crippen LogP contribution is 2.37. The van der Waals surface area contributed by atoms with Gasteiger partial charge in [-0.2, -0.15) is 0 Å². The first-order valence-electron chi connectivity index (χ1n) is 16.2. The molecule has 0 aromatic heterocycles. The fourth-order valence-corrected chi connectivity index (χ4v) is 6.68. The molecule has 284 valence electrons. The Labute approximate surface area is 280 Å². The van der Waals surface area contributed by atoms with Gasteiger partial charge in [0.05, 0.1) is 24.7 Å². The van der Waals surface area contributed by atoms with Crippen LogP contribution in [-0.4, -0.2) is 194 Å². The number of hydrogen-bond donors (Lipinski definition) is 15. The standard InChI is InChI=1S/C27H51N7O15/c28-3-8-15(37)17(39)12(32)23(44-8)47-20-6(30)1-7(34-26(42)27(43)2-11(27)31)14(36)22(20)49-25-19(41)21(10(5-35)46-25)48-24-13(33)18(40)16(38)9(4-29)45-24/h6-25,35-41,43H,1-5,28-33H2,(H,34,42)/t6-,7+,8+,9-,10+,11?,12+,13+,14-,15-,16+,17-,18+,19+,20+,21+,22+,23+,24+,25-,27?/m0/s1. The van der Waals surface area contributed by atoms with Gasteiger partial charge in [-0.25, -0.2) is 0 Å². The highest BCUT2D eigenvalue weighted by molar-refractivity contribution is 5.89. The molecule has 0 radical (unpaired) electrons. The van der Waals surface area contributed by atoms with Crippen LogP contribution in [0.4, 0.5) is 0 Å². The van der Waals surface area contributed by atoms with Crippen molar-refractivity contribution in [2.24, 2.45) is 34.4 Å². The Morgan fingerprint density at radius 1 is 0.694 bits per heavy atom. The number of aliphatic hydroxyl groups excluding tert-OH is 7. The number of carbonyl (C=O) groups excluding carboxylic acids is 1. The topological polar surface area (TPSA) is 402 Å². The molecule has 21 atom stereocenters. The van der Waals surface area contributed by atoms with Crippen molar-refractivity contribution in [2.75, 3.05) is 19.7 Å². The van der Waals surface area contributed by atoms with Gasteiger partial charge in [0.1, 0.15) is 73.2 Å². The molecule has 49 heavy (non-hydrogen) atoms. The molecule has 2 aliphatic carbocycles. The smallest absolute Gasteiger partial charge is 0.253 e. The summed E-state index contributed by atoms with van der Waals surface area (Å²) in [5.41, 5.74) is 33.8. The van der Waals surface area contributed by atoms with E-state index in [9.17, 15) is 45.6 Å². The molecule has 0 bridgehead atoms. The molecule has 22 nitrogen and oxygen atoms in total. The average Bonchev–Trinajstić information content (AvgIpc) is 3.60. The predicted molar refractivity (Wildman–Crippen MR) is 160 cm³/mol. The van der Waals surface area contributed by atoms with Gasteiger partial charge in [-0.05, 0) is 6.42 Å². The summed E-state index contributed by atoms with van der Waals surface area (Å²) >= 11 is 0. The first kappa shape index (κ1) is 38.9. The second-order valence-electron chi connectivity index (χ2n) is 13.4. The van der Waals surface area contributed by atoms with E-state index in [0.717, 1.165) is 0 Å². The molecule has 3 aliphatic heterocycles. The van der Waals surface area contributed by atoms with Crippen molar-refractivity contribution in [2.45, 2.75) is 141 Å². The van der Waals surface area contributed by atoms with E-state index in [1.54, 1.807) is 0 Å². The van der Waals surface area contributed by atoms with Gasteiger partial charge in [0.2, 0.25) is 0 Å². The van der Waals surface area contributed by atoms with Crippen LogP contribution < -0.4 is 39.7 Å². The van der Waals surface area contributed by atoms with Gasteiger partial charge in [-0.15, -0.1) is 0 Å². The lowest BCUT2D eigenvalue weighted by Gasteiger charge is -2.48. The zero-order chi connectivity index (χ0) is 36.1. The summed E-state index contributed by atoms with van der Waals surface area (Å²) in [6, 6.07) is -5.64. The van der Waals surface area contributed by atoms with Crippen molar-refractivity contribution in [1.82, 2.24) is 5.32 Å². The minimum atomic E-state index is -1.84. The Kier molecular flexibility index (Phi) is 12.2. The summed E-state index contributed by atoms with van der Waals surface area (Å²) in [5.74, 6) is -0.854. The Balaban J connectivity index is 1.36. The minimum Gasteiger partial charge on any atom is -0.394 e. The van der Waals surface area contributed by atoms with Crippen molar-refractivity contribution < 1.29 is 74.1 Å². The van der Waals surface area contributed by atoms with Gasteiger partial charge in [-0.1, -0.05) is 0 Å². The molecule has 2 saturated carbocycles. The lowest BCUT2D eigenvalue weighted by atomic mass is 9.83. The molecule has 0 aromatic carbocycles. The Bertz CT molecular complexity index is 1130. The molecule has 5 rings (SSSR count). The maximum Gasteiger partial charge on any atom is 0.253 e. The Morgan fingerprint density at radius 2 is 1.16 bits per heavy atom. The quantitative estimate of drug-likeness (QED) is 0.0944. The molecule has 1 amide bonds. The van der Waals surface area contributed by atoms with E-state index >= 15 is 0 Å². The molecule has 3 heterocycles. The van der Waals surface area contributed by atoms with Crippen LogP contribution in [-0.2, 0) is 33.2 Å². The van der Waals surface area contributed by atoms with E-state index in [-0.39, 0.29) is 25.9 Å². The third kappa shape index (κ3) is 7.47. The molecule has 0 aromatic rings. The van der Waals surface area contributed by atoms with Gasteiger partial charge in [0.25, 0.3) is 5.91 Å². The molecule has 3 saturated heterocycles. The highest BCUT2D eigenvalue weighted by atomic mass is 16.8. The van der Waals surface area contributed by atoms with Crippen LogP contribution in [0.5, 0.6) is 0 Å². The molecule has 22 heteroatoms. The third-order valence-electron chi connectivity index (χ3n) is 10.0. The van der Waals surface area contributed by atoms with E-state index in [4.69, 9.17) is 62.8 Å². The molecule has 0 spiro atoms. The summed E-state index contributed by atoms with van der Waals surface area (Å²) in [4.78, 5) is 12.8. The van der Waals surface area contributed by atoms with Crippen LogP contribution in [0, 0.1) is 0 Å². The van der Waals surface area contributed by atoms with Crippen LogP contribution in [0.15, 0.2) is 0 Å². The molecular formula is C27H51N7O15. The van der Waals surface area contributed by atoms with Crippen molar-refractivity contribution in [3.05, 3.63) is 0 Å². The fraction of sp³-hybridized carbons (Fsp3) is 0.963. The summed E-state index contributed by atoms with van der Waals surface area (Å²) < 4.78 is 35.0. The first-order valence-corrected chi connectivity index (χ1v) is 16.2. The van der Waals surface area contributed by atoms with Gasteiger partial charge in [0, 0.05) is 31.6 Å². The zero-order valence-corrected chi connectivity index (χ0v) is 26.5. The van der Waals surface area contributed by atoms with E-state index in [2.05, 4.69) is 5.32 Å². The SMILES string of the molecule is NC[C@@H]1O[C@H](O[C@H]2[C@@H](O)[C@H](O[C@@H]3[C@@H](O)[C@H](NC(=O)C4(O)CC4N)C[C@H](N)[C@H]3O[C@H]3O[C@H](CN)[C@H](O)[C@@H](O)[C@H]3N)O[C@@H]2CO)[C@H](N)[C@@H](O)[C@@H]1O. The van der Waals surface area contributed by atoms with E-state index in [1.807, 2.05) is 0 Å². The predicted octanol–water partition coefficient (Wildman–Crippen LogP) is -10.3. The Hall–Kier alpha value is -1.33. The van der Waals surface area contributed by atoms with Gasteiger partial charge < -0.3 is 109 Å². The summed E-state index contributed by atoms with van der Waals surface area (Å²) in [6.45, 7) is -1.14. The van der Waals surface area contributed by atoms with Gasteiger partial charge >= 0.3 is 0 Å². The molecular weight excluding hydrogens is 662 g/mol. The van der Waals surface area contributed by atoms with Crippen LogP contribution in [0.25, 0.3) is 0 Å². The summed E-state index contributed by atoms with van der Waals surface area (Å²) in [6.07, 6.45) is -21.7. The van der Waals surface area contributed by atoms with Gasteiger partial charge in [-0.3, -0.25) is 4.79 Å². The Morgan fingerprint density at radius 3 is 1.63 bits per heavy atom.